The summed E-state index contributed by atoms with van der Waals surface area (Å²) in [5.74, 6) is 1.51. The average molecular weight is 354 g/mol. The van der Waals surface area contributed by atoms with E-state index in [1.807, 2.05) is 30.3 Å². The molecule has 1 amide bonds. The number of carbonyl (C=O) groups is 1. The van der Waals surface area contributed by atoms with Crippen molar-refractivity contribution in [1.29, 1.82) is 0 Å². The zero-order valence-electron chi connectivity index (χ0n) is 15.0. The van der Waals surface area contributed by atoms with Gasteiger partial charge in [0.25, 0.3) is 5.91 Å². The number of oxazole rings is 1. The molecule has 2 N–H and O–H groups in total. The molecule has 1 heterocycles. The van der Waals surface area contributed by atoms with E-state index < -0.39 is 0 Å². The lowest BCUT2D eigenvalue weighted by molar-refractivity contribution is 0.0893. The zero-order chi connectivity index (χ0) is 17.9. The molecule has 2 aliphatic carbocycles. The lowest BCUT2D eigenvalue weighted by Crippen LogP contribution is -2.41. The first-order valence-corrected chi connectivity index (χ1v) is 9.74. The second-order valence-electron chi connectivity index (χ2n) is 7.53. The molecule has 0 spiro atoms. The Balaban J connectivity index is 1.57. The molecule has 1 aromatic carbocycles. The molecule has 1 aromatic heterocycles. The van der Waals surface area contributed by atoms with Crippen molar-refractivity contribution in [3.05, 3.63) is 41.8 Å². The van der Waals surface area contributed by atoms with Crippen molar-refractivity contribution in [3.63, 3.8) is 0 Å². The largest absolute Gasteiger partial charge is 0.440 e. The highest BCUT2D eigenvalue weighted by Crippen LogP contribution is 2.43. The topological polar surface area (TPSA) is 75.4 Å². The van der Waals surface area contributed by atoms with E-state index in [4.69, 9.17) is 4.42 Å². The molecule has 4 rings (SSSR count). The van der Waals surface area contributed by atoms with Crippen LogP contribution in [0.4, 0.5) is 0 Å². The number of nitrogens with one attached hydrogen (secondary N) is 1. The SMILES string of the molecule is O=C(N[C@@H]1CCCCC[C@@H]1CO)c1nc(-c2ccccc2)oc1C1CC1. The number of aliphatic hydroxyl groups excluding tert-OH is 1. The van der Waals surface area contributed by atoms with Crippen molar-refractivity contribution in [2.24, 2.45) is 5.92 Å². The molecule has 5 nitrogen and oxygen atoms in total. The molecule has 2 fully saturated rings. The van der Waals surface area contributed by atoms with E-state index in [1.165, 1.54) is 0 Å². The van der Waals surface area contributed by atoms with Crippen molar-refractivity contribution in [2.45, 2.75) is 56.9 Å². The van der Waals surface area contributed by atoms with E-state index in [2.05, 4.69) is 10.3 Å². The van der Waals surface area contributed by atoms with Gasteiger partial charge in [0.1, 0.15) is 5.76 Å². The number of carbonyl (C=O) groups excluding carboxylic acids is 1. The second kappa shape index (κ2) is 7.62. The molecule has 0 bridgehead atoms. The van der Waals surface area contributed by atoms with Crippen LogP contribution in [-0.2, 0) is 0 Å². The minimum Gasteiger partial charge on any atom is -0.440 e. The number of benzene rings is 1. The maximum atomic E-state index is 13.0. The first-order valence-electron chi connectivity index (χ1n) is 9.74. The molecular weight excluding hydrogens is 328 g/mol. The first kappa shape index (κ1) is 17.3. The van der Waals surface area contributed by atoms with E-state index in [0.717, 1.165) is 56.3 Å². The van der Waals surface area contributed by atoms with E-state index in [0.29, 0.717) is 17.5 Å². The summed E-state index contributed by atoms with van der Waals surface area (Å²) in [6.07, 6.45) is 7.35. The fourth-order valence-electron chi connectivity index (χ4n) is 3.85. The molecule has 2 atom stereocenters. The van der Waals surface area contributed by atoms with Crippen molar-refractivity contribution < 1.29 is 14.3 Å². The molecule has 2 aromatic rings. The van der Waals surface area contributed by atoms with Gasteiger partial charge in [0.05, 0.1) is 0 Å². The Bertz CT molecular complexity index is 752. The summed E-state index contributed by atoms with van der Waals surface area (Å²) in [5, 5.41) is 12.8. The summed E-state index contributed by atoms with van der Waals surface area (Å²) >= 11 is 0. The second-order valence-corrected chi connectivity index (χ2v) is 7.53. The fourth-order valence-corrected chi connectivity index (χ4v) is 3.85. The van der Waals surface area contributed by atoms with Crippen molar-refractivity contribution >= 4 is 5.91 Å². The summed E-state index contributed by atoms with van der Waals surface area (Å²) in [7, 11) is 0. The van der Waals surface area contributed by atoms with Crippen molar-refractivity contribution in [3.8, 4) is 11.5 Å². The van der Waals surface area contributed by atoms with Crippen LogP contribution in [0.25, 0.3) is 11.5 Å². The van der Waals surface area contributed by atoms with E-state index >= 15 is 0 Å². The normalized spacial score (nSPS) is 23.4. The Hall–Kier alpha value is -2.14. The highest BCUT2D eigenvalue weighted by atomic mass is 16.4. The van der Waals surface area contributed by atoms with Crippen LogP contribution in [-0.4, -0.2) is 28.6 Å². The number of nitrogens with zero attached hydrogens (tertiary/aromatic N) is 1. The zero-order valence-corrected chi connectivity index (χ0v) is 15.0. The summed E-state index contributed by atoms with van der Waals surface area (Å²) in [6, 6.07) is 9.72. The highest BCUT2D eigenvalue weighted by Gasteiger charge is 2.35. The molecule has 138 valence electrons. The Labute approximate surface area is 153 Å². The Morgan fingerprint density at radius 2 is 1.88 bits per heavy atom. The van der Waals surface area contributed by atoms with E-state index in [9.17, 15) is 9.90 Å². The first-order chi connectivity index (χ1) is 12.8. The van der Waals surface area contributed by atoms with E-state index in [-0.39, 0.29) is 24.5 Å². The average Bonchev–Trinajstić information content (AvgIpc) is 3.46. The number of hydrogen-bond donors (Lipinski definition) is 2. The predicted octanol–water partition coefficient (Wildman–Crippen LogP) is 3.89. The van der Waals surface area contributed by atoms with Gasteiger partial charge in [-0.05, 0) is 37.8 Å². The minimum atomic E-state index is -0.164. The van der Waals surface area contributed by atoms with Crippen molar-refractivity contribution in [1.82, 2.24) is 10.3 Å². The van der Waals surface area contributed by atoms with Gasteiger partial charge < -0.3 is 14.8 Å². The van der Waals surface area contributed by atoms with Crippen LogP contribution in [0.2, 0.25) is 0 Å². The summed E-state index contributed by atoms with van der Waals surface area (Å²) in [4.78, 5) is 17.5. The van der Waals surface area contributed by atoms with Gasteiger partial charge in [0.15, 0.2) is 5.69 Å². The number of hydrogen-bond acceptors (Lipinski definition) is 4. The van der Waals surface area contributed by atoms with Crippen molar-refractivity contribution in [2.75, 3.05) is 6.61 Å². The third-order valence-corrected chi connectivity index (χ3v) is 5.55. The molecule has 2 saturated carbocycles. The summed E-state index contributed by atoms with van der Waals surface area (Å²) in [5.41, 5.74) is 1.31. The third-order valence-electron chi connectivity index (χ3n) is 5.55. The van der Waals surface area contributed by atoms with Crippen LogP contribution in [0.1, 0.15) is 67.1 Å². The smallest absolute Gasteiger partial charge is 0.273 e. The maximum absolute atomic E-state index is 13.0. The van der Waals surface area contributed by atoms with Gasteiger partial charge in [-0.1, -0.05) is 37.5 Å². The Morgan fingerprint density at radius 1 is 1.12 bits per heavy atom. The van der Waals surface area contributed by atoms with Crippen LogP contribution in [0.3, 0.4) is 0 Å². The number of amides is 1. The molecule has 0 unspecified atom stereocenters. The summed E-state index contributed by atoms with van der Waals surface area (Å²) < 4.78 is 5.99. The molecule has 0 radical (unpaired) electrons. The van der Waals surface area contributed by atoms with Crippen LogP contribution in [0.15, 0.2) is 34.7 Å². The molecule has 5 heteroatoms. The quantitative estimate of drug-likeness (QED) is 0.799. The van der Waals surface area contributed by atoms with Crippen LogP contribution in [0.5, 0.6) is 0 Å². The number of aromatic nitrogens is 1. The van der Waals surface area contributed by atoms with Gasteiger partial charge in [-0.15, -0.1) is 0 Å². The third kappa shape index (κ3) is 3.68. The molecule has 0 aliphatic heterocycles. The molecule has 2 aliphatic rings. The van der Waals surface area contributed by atoms with Gasteiger partial charge >= 0.3 is 0 Å². The van der Waals surface area contributed by atoms with E-state index in [1.54, 1.807) is 0 Å². The van der Waals surface area contributed by atoms with Gasteiger partial charge in [-0.25, -0.2) is 4.98 Å². The fraction of sp³-hybridized carbons (Fsp3) is 0.524. The lowest BCUT2D eigenvalue weighted by atomic mass is 9.95. The number of aliphatic hydroxyl groups is 1. The lowest BCUT2D eigenvalue weighted by Gasteiger charge is -2.24. The molecule has 0 saturated heterocycles. The molecule has 26 heavy (non-hydrogen) atoms. The van der Waals surface area contributed by atoms with Crippen LogP contribution >= 0.6 is 0 Å². The Morgan fingerprint density at radius 3 is 2.62 bits per heavy atom. The van der Waals surface area contributed by atoms with Gasteiger partial charge in [-0.3, -0.25) is 4.79 Å². The van der Waals surface area contributed by atoms with Crippen LogP contribution in [0, 0.1) is 5.92 Å². The summed E-state index contributed by atoms with van der Waals surface area (Å²) in [6.45, 7) is 0.120. The molecular formula is C21H26N2O3. The maximum Gasteiger partial charge on any atom is 0.273 e. The standard InChI is InChI=1S/C21H26N2O3/c24-13-16-9-5-2-6-10-17(16)22-20(25)18-19(14-11-12-14)26-21(23-18)15-7-3-1-4-8-15/h1,3-4,7-8,14,16-17,24H,2,5-6,9-13H2,(H,22,25)/t16-,17-/m1/s1. The predicted molar refractivity (Wildman–Crippen MR) is 98.8 cm³/mol. The minimum absolute atomic E-state index is 0.0129. The van der Waals surface area contributed by atoms with Gasteiger partial charge in [0, 0.05) is 30.0 Å². The van der Waals surface area contributed by atoms with Gasteiger partial charge in [-0.2, -0.15) is 0 Å². The van der Waals surface area contributed by atoms with Crippen LogP contribution < -0.4 is 5.32 Å². The number of rotatable bonds is 5. The highest BCUT2D eigenvalue weighted by molar-refractivity contribution is 5.94. The van der Waals surface area contributed by atoms with Gasteiger partial charge in [0.2, 0.25) is 5.89 Å². The monoisotopic (exact) mass is 354 g/mol. The Kier molecular flexibility index (Phi) is 5.07.